The van der Waals surface area contributed by atoms with E-state index >= 15 is 0 Å². The third-order valence-corrected chi connectivity index (χ3v) is 4.58. The summed E-state index contributed by atoms with van der Waals surface area (Å²) in [5.41, 5.74) is 0. The van der Waals surface area contributed by atoms with Gasteiger partial charge in [0.2, 0.25) is 0 Å². The summed E-state index contributed by atoms with van der Waals surface area (Å²) >= 11 is 0. The van der Waals surface area contributed by atoms with Crippen molar-refractivity contribution in [1.29, 1.82) is 0 Å². The molecule has 0 atom stereocenters. The molecule has 1 N–H and O–H groups in total. The van der Waals surface area contributed by atoms with Gasteiger partial charge in [0.15, 0.2) is 0 Å². The standard InChI is InChI=1S/C2H8O7P2.2Mg/c1-2(3,10(4,5)6)11(7,8)9;;/h3H,1H3,(H2,4,5,6)(H2,7,8,9);;/q;2*+2/p-4. The molecule has 11 heteroatoms. The second kappa shape index (κ2) is 5.76. The maximum Gasteiger partial charge on any atom is 2.00 e. The second-order valence-corrected chi connectivity index (χ2v) is 6.05. The van der Waals surface area contributed by atoms with Gasteiger partial charge in [-0.2, -0.15) is 0 Å². The molecule has 0 aliphatic heterocycles. The van der Waals surface area contributed by atoms with Gasteiger partial charge in [-0.1, -0.05) is 0 Å². The topological polar surface area (TPSA) is 147 Å². The van der Waals surface area contributed by atoms with Crippen molar-refractivity contribution in [2.24, 2.45) is 0 Å². The molecule has 0 spiro atoms. The average Bonchev–Trinajstić information content (AvgIpc) is 1.58. The molecule has 0 radical (unpaired) electrons. The Labute approximate surface area is 107 Å². The molecule has 0 aliphatic rings. The molecule has 0 aromatic carbocycles. The van der Waals surface area contributed by atoms with Gasteiger partial charge >= 0.3 is 46.1 Å². The molecule has 0 rings (SSSR count). The van der Waals surface area contributed by atoms with Crippen molar-refractivity contribution in [2.45, 2.75) is 12.0 Å². The van der Waals surface area contributed by atoms with E-state index in [1.165, 1.54) is 0 Å². The molecule has 7 nitrogen and oxygen atoms in total. The minimum absolute atomic E-state index is 0. The van der Waals surface area contributed by atoms with Crippen molar-refractivity contribution >= 4 is 61.3 Å². The van der Waals surface area contributed by atoms with E-state index in [1.807, 2.05) is 0 Å². The van der Waals surface area contributed by atoms with Gasteiger partial charge in [0.1, 0.15) is 5.08 Å². The maximum absolute atomic E-state index is 9.95. The smallest absolute Gasteiger partial charge is 0.808 e. The van der Waals surface area contributed by atoms with Crippen molar-refractivity contribution in [3.63, 3.8) is 0 Å². The normalized spacial score (nSPS) is 12.8. The third kappa shape index (κ3) is 4.90. The van der Waals surface area contributed by atoms with Crippen molar-refractivity contribution in [2.75, 3.05) is 0 Å². The van der Waals surface area contributed by atoms with Crippen LogP contribution in [-0.4, -0.2) is 56.3 Å². The molecular formula is C2H4Mg2O7P2. The fourth-order valence-electron chi connectivity index (χ4n) is 0.150. The van der Waals surface area contributed by atoms with Gasteiger partial charge < -0.3 is 33.8 Å². The number of rotatable bonds is 2. The Hall–Kier alpha value is 1.79. The summed E-state index contributed by atoms with van der Waals surface area (Å²) in [6.45, 7) is 0.133. The SMILES string of the molecule is CC(O)(P(=O)([O-])[O-])P(=O)([O-])[O-].[Mg+2].[Mg+2]. The van der Waals surface area contributed by atoms with Crippen molar-refractivity contribution < 1.29 is 33.8 Å². The minimum atomic E-state index is -5.82. The maximum atomic E-state index is 9.95. The van der Waals surface area contributed by atoms with Crippen LogP contribution in [0.2, 0.25) is 0 Å². The van der Waals surface area contributed by atoms with Crippen LogP contribution < -0.4 is 19.6 Å². The van der Waals surface area contributed by atoms with Crippen LogP contribution in [0.15, 0.2) is 0 Å². The molecule has 0 fully saturated rings. The Kier molecular flexibility index (Phi) is 8.97. The van der Waals surface area contributed by atoms with Gasteiger partial charge in [0.05, 0.1) is 0 Å². The van der Waals surface area contributed by atoms with Crippen molar-refractivity contribution in [3.05, 3.63) is 0 Å². The Morgan fingerprint density at radius 2 is 1.15 bits per heavy atom. The Balaban J connectivity index is -0.000000500. The van der Waals surface area contributed by atoms with E-state index in [4.69, 9.17) is 5.11 Å². The van der Waals surface area contributed by atoms with Gasteiger partial charge in [0.25, 0.3) is 0 Å². The predicted molar refractivity (Wildman–Crippen MR) is 37.3 cm³/mol. The van der Waals surface area contributed by atoms with Crippen LogP contribution in [0, 0.1) is 0 Å². The quantitative estimate of drug-likeness (QED) is 0.385. The first-order chi connectivity index (χ1) is 4.50. The summed E-state index contributed by atoms with van der Waals surface area (Å²) in [6, 6.07) is 0. The average molecular weight is 251 g/mol. The first-order valence-corrected chi connectivity index (χ1v) is 5.35. The Morgan fingerprint density at radius 1 is 1.00 bits per heavy atom. The van der Waals surface area contributed by atoms with Crippen LogP contribution in [0.5, 0.6) is 0 Å². The second-order valence-electron chi connectivity index (χ2n) is 1.97. The summed E-state index contributed by atoms with van der Waals surface area (Å²) in [5.74, 6) is 0. The Bertz CT molecular complexity index is 215. The molecule has 0 amide bonds. The van der Waals surface area contributed by atoms with Gasteiger partial charge in [-0.25, -0.2) is 0 Å². The van der Waals surface area contributed by atoms with E-state index in [9.17, 15) is 28.7 Å². The molecular weight excluding hydrogens is 247 g/mol. The fourth-order valence-corrected chi connectivity index (χ4v) is 1.35. The minimum Gasteiger partial charge on any atom is -0.808 e. The molecule has 0 aliphatic carbocycles. The largest absolute Gasteiger partial charge is 2.00 e. The molecule has 68 valence electrons. The van der Waals surface area contributed by atoms with Crippen molar-refractivity contribution in [1.82, 2.24) is 0 Å². The summed E-state index contributed by atoms with van der Waals surface area (Å²) < 4.78 is 19.9. The van der Waals surface area contributed by atoms with Gasteiger partial charge in [-0.05, 0) is 22.1 Å². The zero-order chi connectivity index (χ0) is 9.50. The van der Waals surface area contributed by atoms with E-state index < -0.39 is 20.3 Å². The molecule has 0 aromatic heterocycles. The first kappa shape index (κ1) is 20.2. The monoisotopic (exact) mass is 250 g/mol. The molecule has 0 saturated heterocycles. The summed E-state index contributed by atoms with van der Waals surface area (Å²) in [6.07, 6.45) is 0. The van der Waals surface area contributed by atoms with Gasteiger partial charge in [-0.15, -0.1) is 0 Å². The summed E-state index contributed by atoms with van der Waals surface area (Å²) in [4.78, 5) is 39.8. The van der Waals surface area contributed by atoms with Crippen LogP contribution in [0.25, 0.3) is 0 Å². The van der Waals surface area contributed by atoms with Crippen LogP contribution in [0.1, 0.15) is 6.92 Å². The zero-order valence-corrected chi connectivity index (χ0v) is 11.3. The molecule has 0 aromatic rings. The van der Waals surface area contributed by atoms with Crippen LogP contribution in [0.4, 0.5) is 0 Å². The molecule has 0 saturated carbocycles. The molecule has 13 heavy (non-hydrogen) atoms. The third-order valence-electron chi connectivity index (χ3n) is 1.04. The van der Waals surface area contributed by atoms with Crippen LogP contribution in [-0.2, 0) is 9.13 Å². The van der Waals surface area contributed by atoms with E-state index in [0.29, 0.717) is 0 Å². The molecule has 0 unspecified atom stereocenters. The Morgan fingerprint density at radius 3 is 1.15 bits per heavy atom. The number of aliphatic hydroxyl groups is 1. The van der Waals surface area contributed by atoms with Crippen molar-refractivity contribution in [3.8, 4) is 0 Å². The summed E-state index contributed by atoms with van der Waals surface area (Å²) in [7, 11) is -11.6. The predicted octanol–water partition coefficient (Wildman–Crippen LogP) is -4.28. The van der Waals surface area contributed by atoms with Gasteiger partial charge in [0, 0.05) is 0 Å². The van der Waals surface area contributed by atoms with E-state index in [0.717, 1.165) is 0 Å². The van der Waals surface area contributed by atoms with E-state index in [-0.39, 0.29) is 53.0 Å². The number of hydrogen-bond acceptors (Lipinski definition) is 7. The van der Waals surface area contributed by atoms with E-state index in [1.54, 1.807) is 0 Å². The molecule has 0 bridgehead atoms. The zero-order valence-electron chi connectivity index (χ0n) is 6.71. The fraction of sp³-hybridized carbons (Fsp3) is 1.00. The molecule has 0 heterocycles. The first-order valence-electron chi connectivity index (χ1n) is 2.27. The number of hydrogen-bond donors (Lipinski definition) is 1. The summed E-state index contributed by atoms with van der Waals surface area (Å²) in [5, 5.41) is 4.68. The van der Waals surface area contributed by atoms with Crippen LogP contribution in [0.3, 0.4) is 0 Å². The van der Waals surface area contributed by atoms with Crippen LogP contribution >= 0.6 is 15.2 Å². The van der Waals surface area contributed by atoms with E-state index in [2.05, 4.69) is 0 Å². The van der Waals surface area contributed by atoms with Gasteiger partial charge in [-0.3, -0.25) is 0 Å².